The van der Waals surface area contributed by atoms with Crippen molar-refractivity contribution >= 4 is 17.5 Å². The van der Waals surface area contributed by atoms with Gasteiger partial charge in [-0.2, -0.15) is 5.10 Å². The molecule has 2 aliphatic heterocycles. The molecule has 2 aromatic heterocycles. The van der Waals surface area contributed by atoms with Crippen LogP contribution in [-0.2, 0) is 9.47 Å². The number of nitrogens with zero attached hydrogens (tertiary/aromatic N) is 4. The zero-order chi connectivity index (χ0) is 27.3. The normalized spacial score (nSPS) is 18.1. The maximum absolute atomic E-state index is 12.4. The highest BCUT2D eigenvalue weighted by atomic mass is 16.6. The number of methoxy groups -OCH3 is 1. The van der Waals surface area contributed by atoms with Crippen molar-refractivity contribution < 1.29 is 19.0 Å². The first-order valence-electron chi connectivity index (χ1n) is 13.3. The van der Waals surface area contributed by atoms with Gasteiger partial charge in [0.15, 0.2) is 0 Å². The zero-order valence-electron chi connectivity index (χ0n) is 23.1. The summed E-state index contributed by atoms with van der Waals surface area (Å²) in [5.41, 5.74) is 3.47. The molecule has 0 aromatic carbocycles. The molecule has 2 N–H and O–H groups in total. The Bertz CT molecular complexity index is 1140. The standard InChI is InChI=1S/C28H40N6O4/c1-19(20-8-12-33(13-9-20)27(35)38-28(2,3)4)34-18-22(17-31-34)32-24-11-15-37-14-10-23(24)26(29)21-6-7-25(36-5)30-16-21/h6-7,16-20,29,32H,8-15H2,1-5H3. The van der Waals surface area contributed by atoms with E-state index in [-0.39, 0.29) is 12.1 Å². The first kappa shape index (κ1) is 27.6. The van der Waals surface area contributed by atoms with Crippen molar-refractivity contribution in [3.63, 3.8) is 0 Å². The Morgan fingerprint density at radius 2 is 1.92 bits per heavy atom. The van der Waals surface area contributed by atoms with Crippen LogP contribution in [0.4, 0.5) is 10.5 Å². The SMILES string of the molecule is COc1ccc(C(=N)C2=C(Nc3cnn(C(C)C4CCN(C(=O)OC(C)(C)C)CC4)c3)CCOCC2)cn1. The van der Waals surface area contributed by atoms with Crippen molar-refractivity contribution in [1.82, 2.24) is 19.7 Å². The van der Waals surface area contributed by atoms with Crippen LogP contribution in [0.5, 0.6) is 5.88 Å². The minimum absolute atomic E-state index is 0.195. The lowest BCUT2D eigenvalue weighted by molar-refractivity contribution is 0.0163. The molecule has 0 saturated carbocycles. The van der Waals surface area contributed by atoms with Crippen molar-refractivity contribution in [3.8, 4) is 5.88 Å². The van der Waals surface area contributed by atoms with Crippen LogP contribution in [0.1, 0.15) is 65.0 Å². The molecule has 4 heterocycles. The molecular weight excluding hydrogens is 484 g/mol. The Morgan fingerprint density at radius 1 is 1.18 bits per heavy atom. The lowest BCUT2D eigenvalue weighted by Crippen LogP contribution is -2.42. The summed E-state index contributed by atoms with van der Waals surface area (Å²) in [4.78, 5) is 18.5. The molecule has 4 rings (SSSR count). The van der Waals surface area contributed by atoms with Gasteiger partial charge in [-0.1, -0.05) is 0 Å². The second kappa shape index (κ2) is 12.0. The third-order valence-electron chi connectivity index (χ3n) is 7.08. The fourth-order valence-electron chi connectivity index (χ4n) is 4.90. The molecule has 2 aliphatic rings. The number of nitrogens with one attached hydrogen (secondary N) is 2. The molecule has 0 bridgehead atoms. The van der Waals surface area contributed by atoms with E-state index in [0.29, 0.717) is 56.7 Å². The van der Waals surface area contributed by atoms with Crippen molar-refractivity contribution in [2.24, 2.45) is 5.92 Å². The Labute approximate surface area is 224 Å². The minimum Gasteiger partial charge on any atom is -0.481 e. The number of ether oxygens (including phenoxy) is 3. The molecule has 1 saturated heterocycles. The van der Waals surface area contributed by atoms with Crippen molar-refractivity contribution in [2.75, 3.05) is 38.7 Å². The summed E-state index contributed by atoms with van der Waals surface area (Å²) in [5.74, 6) is 0.938. The molecule has 1 unspecified atom stereocenters. The first-order valence-corrected chi connectivity index (χ1v) is 13.3. The number of rotatable bonds is 7. The third kappa shape index (κ3) is 6.92. The highest BCUT2D eigenvalue weighted by molar-refractivity contribution is 6.11. The Morgan fingerprint density at radius 3 is 2.58 bits per heavy atom. The van der Waals surface area contributed by atoms with Crippen LogP contribution < -0.4 is 10.1 Å². The van der Waals surface area contributed by atoms with Gasteiger partial charge in [0.25, 0.3) is 0 Å². The summed E-state index contributed by atoms with van der Waals surface area (Å²) in [7, 11) is 1.58. The summed E-state index contributed by atoms with van der Waals surface area (Å²) in [6.07, 6.45) is 8.44. The molecule has 0 radical (unpaired) electrons. The van der Waals surface area contributed by atoms with Gasteiger partial charge < -0.3 is 24.4 Å². The molecule has 10 heteroatoms. The molecule has 206 valence electrons. The van der Waals surface area contributed by atoms with E-state index in [9.17, 15) is 4.79 Å². The third-order valence-corrected chi connectivity index (χ3v) is 7.08. The molecule has 2 aromatic rings. The van der Waals surface area contributed by atoms with Crippen LogP contribution in [-0.4, -0.2) is 70.5 Å². The number of amides is 1. The fourth-order valence-corrected chi connectivity index (χ4v) is 4.90. The highest BCUT2D eigenvalue weighted by Crippen LogP contribution is 2.30. The van der Waals surface area contributed by atoms with Gasteiger partial charge in [-0.05, 0) is 64.5 Å². The molecular formula is C28H40N6O4. The van der Waals surface area contributed by atoms with E-state index >= 15 is 0 Å². The van der Waals surface area contributed by atoms with Crippen molar-refractivity contribution in [2.45, 2.75) is 65.0 Å². The van der Waals surface area contributed by atoms with Gasteiger partial charge in [-0.3, -0.25) is 10.1 Å². The van der Waals surface area contributed by atoms with Crippen LogP contribution in [0.2, 0.25) is 0 Å². The zero-order valence-corrected chi connectivity index (χ0v) is 23.1. The number of carbonyl (C=O) groups is 1. The number of anilines is 1. The van der Waals surface area contributed by atoms with E-state index in [1.54, 1.807) is 24.3 Å². The largest absolute Gasteiger partial charge is 0.481 e. The monoisotopic (exact) mass is 524 g/mol. The van der Waals surface area contributed by atoms with Crippen LogP contribution in [0.3, 0.4) is 0 Å². The number of piperidine rings is 1. The topological polar surface area (TPSA) is 115 Å². The van der Waals surface area contributed by atoms with Gasteiger partial charge in [-0.15, -0.1) is 0 Å². The predicted molar refractivity (Wildman–Crippen MR) is 146 cm³/mol. The lowest BCUT2D eigenvalue weighted by atomic mass is 9.90. The number of likely N-dealkylation sites (tertiary alicyclic amines) is 1. The average Bonchev–Trinajstić information content (AvgIpc) is 3.24. The quantitative estimate of drug-likeness (QED) is 0.488. The fraction of sp³-hybridized carbons (Fsp3) is 0.571. The number of hydrogen-bond acceptors (Lipinski definition) is 8. The van der Waals surface area contributed by atoms with Crippen molar-refractivity contribution in [1.29, 1.82) is 5.41 Å². The number of aromatic nitrogens is 3. The van der Waals surface area contributed by atoms with Gasteiger partial charge in [0, 0.05) is 49.2 Å². The van der Waals surface area contributed by atoms with Crippen molar-refractivity contribution in [3.05, 3.63) is 47.6 Å². The van der Waals surface area contributed by atoms with Gasteiger partial charge in [0.05, 0.1) is 44.0 Å². The van der Waals surface area contributed by atoms with E-state index in [1.165, 1.54) is 0 Å². The van der Waals surface area contributed by atoms with Crippen LogP contribution in [0.25, 0.3) is 0 Å². The summed E-state index contributed by atoms with van der Waals surface area (Å²) in [5, 5.41) is 17.0. The molecule has 10 nitrogen and oxygen atoms in total. The molecule has 0 spiro atoms. The Balaban J connectivity index is 1.41. The maximum Gasteiger partial charge on any atom is 0.410 e. The first-order chi connectivity index (χ1) is 18.1. The van der Waals surface area contributed by atoms with Gasteiger partial charge >= 0.3 is 6.09 Å². The average molecular weight is 525 g/mol. The van der Waals surface area contributed by atoms with E-state index in [0.717, 1.165) is 35.4 Å². The highest BCUT2D eigenvalue weighted by Gasteiger charge is 2.30. The number of pyridine rings is 1. The van der Waals surface area contributed by atoms with Crippen LogP contribution in [0, 0.1) is 11.3 Å². The molecule has 1 fully saturated rings. The Kier molecular flexibility index (Phi) is 8.71. The minimum atomic E-state index is -0.484. The number of carbonyl (C=O) groups excluding carboxylic acids is 1. The molecule has 1 atom stereocenters. The van der Waals surface area contributed by atoms with E-state index in [1.807, 2.05) is 43.9 Å². The smallest absolute Gasteiger partial charge is 0.410 e. The van der Waals surface area contributed by atoms with Crippen LogP contribution in [0.15, 0.2) is 42.0 Å². The maximum atomic E-state index is 12.4. The summed E-state index contributed by atoms with van der Waals surface area (Å²) < 4.78 is 18.4. The second-order valence-electron chi connectivity index (χ2n) is 10.9. The Hall–Kier alpha value is -3.40. The predicted octanol–water partition coefficient (Wildman–Crippen LogP) is 5.04. The lowest BCUT2D eigenvalue weighted by Gasteiger charge is -2.35. The van der Waals surface area contributed by atoms with E-state index in [2.05, 4.69) is 22.3 Å². The van der Waals surface area contributed by atoms with Gasteiger partial charge in [0.2, 0.25) is 5.88 Å². The van der Waals surface area contributed by atoms with Crippen LogP contribution >= 0.6 is 0 Å². The van der Waals surface area contributed by atoms with E-state index < -0.39 is 5.60 Å². The molecule has 38 heavy (non-hydrogen) atoms. The summed E-state index contributed by atoms with van der Waals surface area (Å²) >= 11 is 0. The summed E-state index contributed by atoms with van der Waals surface area (Å²) in [6, 6.07) is 3.83. The van der Waals surface area contributed by atoms with Gasteiger partial charge in [0.1, 0.15) is 5.60 Å². The summed E-state index contributed by atoms with van der Waals surface area (Å²) in [6.45, 7) is 10.4. The number of hydrogen-bond donors (Lipinski definition) is 2. The second-order valence-corrected chi connectivity index (χ2v) is 10.9. The molecule has 1 amide bonds. The van der Waals surface area contributed by atoms with Gasteiger partial charge in [-0.25, -0.2) is 9.78 Å². The van der Waals surface area contributed by atoms with E-state index in [4.69, 9.17) is 19.6 Å². The molecule has 0 aliphatic carbocycles.